The second-order valence-corrected chi connectivity index (χ2v) is 5.31. The van der Waals surface area contributed by atoms with Crippen LogP contribution in [0.5, 0.6) is 0 Å². The van der Waals surface area contributed by atoms with E-state index >= 15 is 0 Å². The van der Waals surface area contributed by atoms with Gasteiger partial charge in [-0.1, -0.05) is 12.1 Å². The molecule has 8 nitrogen and oxygen atoms in total. The van der Waals surface area contributed by atoms with Crippen LogP contribution in [-0.4, -0.2) is 39.5 Å². The van der Waals surface area contributed by atoms with E-state index in [2.05, 4.69) is 10.3 Å². The number of non-ortho nitro benzene ring substituents is 1. The summed E-state index contributed by atoms with van der Waals surface area (Å²) in [5, 5.41) is 13.7. The van der Waals surface area contributed by atoms with Crippen molar-refractivity contribution in [3.8, 4) is 0 Å². The standard InChI is InChI=1S/C15H17N5O3/c1-11-8-14(21)19(15(17-11)16-10-18(2)3)9-12-4-6-13(7-5-12)20(22)23/h4-8,10H,9H2,1-3H3/p+1. The van der Waals surface area contributed by atoms with E-state index in [1.165, 1.54) is 22.8 Å². The Bertz CT molecular complexity index is 805. The minimum atomic E-state index is -0.456. The van der Waals surface area contributed by atoms with Gasteiger partial charge in [0.15, 0.2) is 0 Å². The Labute approximate surface area is 132 Å². The number of anilines is 1. The Hall–Kier alpha value is -3.03. The highest BCUT2D eigenvalue weighted by molar-refractivity contribution is 5.68. The molecule has 0 aliphatic carbocycles. The quantitative estimate of drug-likeness (QED) is 0.294. The molecule has 0 saturated carbocycles. The van der Waals surface area contributed by atoms with Gasteiger partial charge in [-0.3, -0.25) is 24.1 Å². The molecule has 0 bridgehead atoms. The van der Waals surface area contributed by atoms with Crippen LogP contribution in [0.15, 0.2) is 35.1 Å². The number of aromatic nitrogens is 2. The number of hydrogen-bond donors (Lipinski definition) is 1. The molecule has 0 aliphatic heterocycles. The second-order valence-electron chi connectivity index (χ2n) is 5.31. The van der Waals surface area contributed by atoms with E-state index in [1.54, 1.807) is 30.0 Å². The van der Waals surface area contributed by atoms with Crippen molar-refractivity contribution in [2.45, 2.75) is 13.5 Å². The molecule has 0 aliphatic rings. The second kappa shape index (κ2) is 6.82. The molecule has 1 aromatic heterocycles. The van der Waals surface area contributed by atoms with Gasteiger partial charge < -0.3 is 0 Å². The SMILES string of the molecule is Cc1cc(=O)n(Cc2ccc([N+](=O)[O-])cc2)c(NC=[N+](C)C)n1. The zero-order chi connectivity index (χ0) is 17.0. The predicted molar refractivity (Wildman–Crippen MR) is 87.2 cm³/mol. The number of nitro benzene ring substituents is 1. The van der Waals surface area contributed by atoms with E-state index in [9.17, 15) is 14.9 Å². The fourth-order valence-electron chi connectivity index (χ4n) is 1.98. The van der Waals surface area contributed by atoms with Gasteiger partial charge in [-0.05, 0) is 12.5 Å². The lowest BCUT2D eigenvalue weighted by molar-refractivity contribution is -0.459. The summed E-state index contributed by atoms with van der Waals surface area (Å²) >= 11 is 0. The molecule has 0 fully saturated rings. The number of rotatable bonds is 5. The predicted octanol–water partition coefficient (Wildman–Crippen LogP) is 1.22. The maximum Gasteiger partial charge on any atom is 0.302 e. The van der Waals surface area contributed by atoms with Gasteiger partial charge in [-0.25, -0.2) is 5.32 Å². The molecule has 23 heavy (non-hydrogen) atoms. The number of nitrogens with zero attached hydrogens (tertiary/aromatic N) is 4. The molecule has 2 aromatic rings. The lowest BCUT2D eigenvalue weighted by Gasteiger charge is -2.09. The average molecular weight is 316 g/mol. The van der Waals surface area contributed by atoms with Gasteiger partial charge in [0.2, 0.25) is 6.34 Å². The van der Waals surface area contributed by atoms with Crippen LogP contribution in [0.25, 0.3) is 0 Å². The van der Waals surface area contributed by atoms with E-state index < -0.39 is 4.92 Å². The minimum Gasteiger partial charge on any atom is -0.273 e. The largest absolute Gasteiger partial charge is 0.302 e. The van der Waals surface area contributed by atoms with Crippen molar-refractivity contribution >= 4 is 18.0 Å². The van der Waals surface area contributed by atoms with Crippen LogP contribution in [0.1, 0.15) is 11.3 Å². The molecule has 120 valence electrons. The zero-order valence-electron chi connectivity index (χ0n) is 13.2. The van der Waals surface area contributed by atoms with E-state index in [-0.39, 0.29) is 17.8 Å². The van der Waals surface area contributed by atoms with Crippen molar-refractivity contribution in [3.63, 3.8) is 0 Å². The third kappa shape index (κ3) is 4.22. The Kier molecular flexibility index (Phi) is 4.85. The lowest BCUT2D eigenvalue weighted by Crippen LogP contribution is -2.26. The smallest absolute Gasteiger partial charge is 0.273 e. The third-order valence-corrected chi connectivity index (χ3v) is 3.08. The van der Waals surface area contributed by atoms with Crippen LogP contribution in [0.3, 0.4) is 0 Å². The average Bonchev–Trinajstić information content (AvgIpc) is 2.48. The summed E-state index contributed by atoms with van der Waals surface area (Å²) in [5.41, 5.74) is 1.22. The molecule has 2 rings (SSSR count). The van der Waals surface area contributed by atoms with Crippen LogP contribution in [0, 0.1) is 17.0 Å². The molecule has 1 aromatic carbocycles. The fraction of sp³-hybridized carbons (Fsp3) is 0.267. The summed E-state index contributed by atoms with van der Waals surface area (Å²) in [6.07, 6.45) is 1.69. The molecule has 0 atom stereocenters. The molecule has 0 unspecified atom stereocenters. The summed E-state index contributed by atoms with van der Waals surface area (Å²) in [6.45, 7) is 2.02. The van der Waals surface area contributed by atoms with Crippen molar-refractivity contribution in [2.24, 2.45) is 0 Å². The summed E-state index contributed by atoms with van der Waals surface area (Å²) in [7, 11) is 3.70. The highest BCUT2D eigenvalue weighted by Gasteiger charge is 2.11. The van der Waals surface area contributed by atoms with Crippen LogP contribution in [-0.2, 0) is 6.54 Å². The van der Waals surface area contributed by atoms with Gasteiger partial charge in [0.25, 0.3) is 11.2 Å². The highest BCUT2D eigenvalue weighted by atomic mass is 16.6. The normalized spacial score (nSPS) is 10.2. The Balaban J connectivity index is 2.36. The number of aryl methyl sites for hydroxylation is 1. The van der Waals surface area contributed by atoms with Gasteiger partial charge in [-0.15, -0.1) is 0 Å². The van der Waals surface area contributed by atoms with Gasteiger partial charge in [0.1, 0.15) is 0 Å². The lowest BCUT2D eigenvalue weighted by atomic mass is 10.2. The van der Waals surface area contributed by atoms with E-state index in [0.717, 1.165) is 5.56 Å². The number of nitro groups is 1. The third-order valence-electron chi connectivity index (χ3n) is 3.08. The van der Waals surface area contributed by atoms with Crippen LogP contribution in [0.4, 0.5) is 11.6 Å². The zero-order valence-corrected chi connectivity index (χ0v) is 13.2. The summed E-state index contributed by atoms with van der Waals surface area (Å²) in [4.78, 5) is 26.8. The van der Waals surface area contributed by atoms with Crippen LogP contribution in [0.2, 0.25) is 0 Å². The van der Waals surface area contributed by atoms with Crippen molar-refractivity contribution in [1.82, 2.24) is 9.55 Å². The maximum absolute atomic E-state index is 12.2. The van der Waals surface area contributed by atoms with Gasteiger partial charge in [0.05, 0.1) is 25.6 Å². The molecule has 1 N–H and O–H groups in total. The first-order valence-electron chi connectivity index (χ1n) is 6.95. The minimum absolute atomic E-state index is 0.0161. The van der Waals surface area contributed by atoms with Crippen LogP contribution >= 0.6 is 0 Å². The first-order valence-corrected chi connectivity index (χ1v) is 6.95. The van der Waals surface area contributed by atoms with Crippen molar-refractivity contribution in [3.05, 3.63) is 62.1 Å². The highest BCUT2D eigenvalue weighted by Crippen LogP contribution is 2.13. The first kappa shape index (κ1) is 16.3. The molecular weight excluding hydrogens is 298 g/mol. The summed E-state index contributed by atoms with van der Waals surface area (Å²) in [5.74, 6) is 0.419. The Morgan fingerprint density at radius 2 is 1.96 bits per heavy atom. The molecule has 0 amide bonds. The van der Waals surface area contributed by atoms with Gasteiger partial charge >= 0.3 is 5.95 Å². The van der Waals surface area contributed by atoms with Crippen molar-refractivity contribution in [1.29, 1.82) is 0 Å². The maximum atomic E-state index is 12.2. The Morgan fingerprint density at radius 3 is 2.52 bits per heavy atom. The van der Waals surface area contributed by atoms with E-state index in [0.29, 0.717) is 11.6 Å². The topological polar surface area (TPSA) is 93.1 Å². The van der Waals surface area contributed by atoms with E-state index in [1.807, 2.05) is 14.1 Å². The summed E-state index contributed by atoms with van der Waals surface area (Å²) < 4.78 is 3.28. The van der Waals surface area contributed by atoms with Gasteiger partial charge in [-0.2, -0.15) is 4.98 Å². The number of nitrogens with one attached hydrogen (secondary N) is 1. The van der Waals surface area contributed by atoms with Gasteiger partial charge in [0, 0.05) is 23.9 Å². The molecule has 0 spiro atoms. The molecular formula is C15H18N5O3+. The summed E-state index contributed by atoms with van der Waals surface area (Å²) in [6, 6.07) is 7.54. The molecule has 0 saturated heterocycles. The first-order chi connectivity index (χ1) is 10.9. The Morgan fingerprint density at radius 1 is 1.30 bits per heavy atom. The molecule has 0 radical (unpaired) electrons. The molecule has 8 heteroatoms. The van der Waals surface area contributed by atoms with E-state index in [4.69, 9.17) is 0 Å². The fourth-order valence-corrected chi connectivity index (χ4v) is 1.98. The monoisotopic (exact) mass is 316 g/mol. The number of hydrogen-bond acceptors (Lipinski definition) is 4. The van der Waals surface area contributed by atoms with Crippen LogP contribution < -0.4 is 10.9 Å². The van der Waals surface area contributed by atoms with Crippen molar-refractivity contribution < 1.29 is 9.50 Å². The van der Waals surface area contributed by atoms with Crippen molar-refractivity contribution in [2.75, 3.05) is 19.4 Å². The number of benzene rings is 1. The molecule has 1 heterocycles.